The second kappa shape index (κ2) is 6.96. The number of halogens is 3. The zero-order chi connectivity index (χ0) is 14.7. The molecule has 2 atom stereocenters. The van der Waals surface area contributed by atoms with Crippen molar-refractivity contribution in [3.63, 3.8) is 0 Å². The lowest BCUT2D eigenvalue weighted by Gasteiger charge is -2.40. The molecule has 20 heavy (non-hydrogen) atoms. The molecule has 5 heteroatoms. The van der Waals surface area contributed by atoms with Gasteiger partial charge in [0.2, 0.25) is 0 Å². The number of benzene rings is 1. The topological polar surface area (TPSA) is 12.5 Å². The molecule has 112 valence electrons. The van der Waals surface area contributed by atoms with Crippen molar-refractivity contribution in [2.75, 3.05) is 13.1 Å². The standard InChI is InChI=1S/C15H20BrF2NO/c1-10(2)19-8-7-14(20-15(17)18)13(9-19)11-3-5-12(16)6-4-11/h3-6,10,13-15H,7-9H2,1-2H3. The van der Waals surface area contributed by atoms with Crippen LogP contribution in [0.15, 0.2) is 28.7 Å². The van der Waals surface area contributed by atoms with Crippen LogP contribution in [0.25, 0.3) is 0 Å². The number of rotatable bonds is 4. The molecule has 2 nitrogen and oxygen atoms in total. The molecule has 1 aromatic carbocycles. The minimum Gasteiger partial charge on any atom is -0.319 e. The lowest BCUT2D eigenvalue weighted by molar-refractivity contribution is -0.179. The Bertz CT molecular complexity index is 424. The van der Waals surface area contributed by atoms with Gasteiger partial charge in [0.1, 0.15) is 0 Å². The third-order valence-corrected chi connectivity index (χ3v) is 4.42. The number of likely N-dealkylation sites (tertiary alicyclic amines) is 1. The van der Waals surface area contributed by atoms with Crippen molar-refractivity contribution in [1.29, 1.82) is 0 Å². The van der Waals surface area contributed by atoms with Gasteiger partial charge >= 0.3 is 6.61 Å². The molecule has 0 amide bonds. The first-order valence-electron chi connectivity index (χ1n) is 6.90. The summed E-state index contributed by atoms with van der Waals surface area (Å²) in [6, 6.07) is 8.29. The van der Waals surface area contributed by atoms with E-state index in [1.807, 2.05) is 24.3 Å². The van der Waals surface area contributed by atoms with Crippen molar-refractivity contribution < 1.29 is 13.5 Å². The quantitative estimate of drug-likeness (QED) is 0.806. The summed E-state index contributed by atoms with van der Waals surface area (Å²) in [5.74, 6) is -0.00625. The van der Waals surface area contributed by atoms with Crippen LogP contribution in [-0.4, -0.2) is 36.7 Å². The van der Waals surface area contributed by atoms with Crippen LogP contribution in [0.2, 0.25) is 0 Å². The molecule has 1 fully saturated rings. The van der Waals surface area contributed by atoms with Crippen LogP contribution >= 0.6 is 15.9 Å². The SMILES string of the molecule is CC(C)N1CCC(OC(F)F)C(c2ccc(Br)cc2)C1. The van der Waals surface area contributed by atoms with Gasteiger partial charge in [0, 0.05) is 29.5 Å². The predicted octanol–water partition coefficient (Wildman–Crippen LogP) is 4.25. The van der Waals surface area contributed by atoms with Gasteiger partial charge in [-0.2, -0.15) is 8.78 Å². The number of piperidine rings is 1. The Labute approximate surface area is 127 Å². The van der Waals surface area contributed by atoms with Crippen molar-refractivity contribution >= 4 is 15.9 Å². The molecular formula is C15H20BrF2NO. The van der Waals surface area contributed by atoms with E-state index in [0.717, 1.165) is 23.1 Å². The molecule has 1 aliphatic rings. The van der Waals surface area contributed by atoms with Crippen molar-refractivity contribution in [3.05, 3.63) is 34.3 Å². The van der Waals surface area contributed by atoms with Crippen molar-refractivity contribution in [2.24, 2.45) is 0 Å². The van der Waals surface area contributed by atoms with Crippen molar-refractivity contribution in [2.45, 2.75) is 44.9 Å². The maximum atomic E-state index is 12.6. The van der Waals surface area contributed by atoms with Gasteiger partial charge in [0.05, 0.1) is 6.10 Å². The summed E-state index contributed by atoms with van der Waals surface area (Å²) >= 11 is 3.40. The molecule has 1 aliphatic heterocycles. The van der Waals surface area contributed by atoms with Crippen LogP contribution in [0.5, 0.6) is 0 Å². The zero-order valence-corrected chi connectivity index (χ0v) is 13.3. The van der Waals surface area contributed by atoms with Gasteiger partial charge in [-0.05, 0) is 38.0 Å². The van der Waals surface area contributed by atoms with Crippen LogP contribution in [-0.2, 0) is 4.74 Å². The highest BCUT2D eigenvalue weighted by atomic mass is 79.9. The van der Waals surface area contributed by atoms with Gasteiger partial charge in [-0.3, -0.25) is 0 Å². The molecule has 2 unspecified atom stereocenters. The van der Waals surface area contributed by atoms with Crippen LogP contribution in [0.1, 0.15) is 31.7 Å². The molecule has 2 rings (SSSR count). The largest absolute Gasteiger partial charge is 0.345 e. The molecule has 0 bridgehead atoms. The van der Waals surface area contributed by atoms with E-state index in [9.17, 15) is 8.78 Å². The highest BCUT2D eigenvalue weighted by Gasteiger charge is 2.33. The van der Waals surface area contributed by atoms with Gasteiger partial charge in [-0.15, -0.1) is 0 Å². The molecule has 0 saturated carbocycles. The summed E-state index contributed by atoms with van der Waals surface area (Å²) in [5.41, 5.74) is 1.06. The van der Waals surface area contributed by atoms with Crippen LogP contribution in [0, 0.1) is 0 Å². The molecule has 0 aliphatic carbocycles. The van der Waals surface area contributed by atoms with Gasteiger partial charge < -0.3 is 9.64 Å². The second-order valence-electron chi connectivity index (χ2n) is 5.47. The van der Waals surface area contributed by atoms with Gasteiger partial charge in [0.25, 0.3) is 0 Å². The Morgan fingerprint density at radius 1 is 1.25 bits per heavy atom. The lowest BCUT2D eigenvalue weighted by Crippen LogP contribution is -2.46. The number of alkyl halides is 2. The van der Waals surface area contributed by atoms with E-state index in [0.29, 0.717) is 12.5 Å². The second-order valence-corrected chi connectivity index (χ2v) is 6.39. The smallest absolute Gasteiger partial charge is 0.319 e. The molecule has 1 saturated heterocycles. The minimum atomic E-state index is -2.71. The van der Waals surface area contributed by atoms with Crippen LogP contribution < -0.4 is 0 Å². The summed E-state index contributed by atoms with van der Waals surface area (Å²) < 4.78 is 31.0. The van der Waals surface area contributed by atoms with Crippen LogP contribution in [0.4, 0.5) is 8.78 Å². The molecule has 0 N–H and O–H groups in total. The normalized spacial score (nSPS) is 24.6. The highest BCUT2D eigenvalue weighted by molar-refractivity contribution is 9.10. The molecule has 1 heterocycles. The third kappa shape index (κ3) is 3.99. The third-order valence-electron chi connectivity index (χ3n) is 3.89. The Kier molecular flexibility index (Phi) is 5.52. The van der Waals surface area contributed by atoms with Crippen LogP contribution in [0.3, 0.4) is 0 Å². The maximum Gasteiger partial charge on any atom is 0.345 e. The fourth-order valence-corrected chi connectivity index (χ4v) is 3.01. The van der Waals surface area contributed by atoms with E-state index in [1.165, 1.54) is 0 Å². The average Bonchev–Trinajstić information content (AvgIpc) is 2.39. The summed E-state index contributed by atoms with van der Waals surface area (Å²) in [5, 5.41) is 0. The molecule has 1 aromatic rings. The predicted molar refractivity (Wildman–Crippen MR) is 79.1 cm³/mol. The summed E-state index contributed by atoms with van der Waals surface area (Å²) in [7, 11) is 0. The molecular weight excluding hydrogens is 328 g/mol. The van der Waals surface area contributed by atoms with Gasteiger partial charge in [-0.1, -0.05) is 28.1 Å². The molecule has 0 spiro atoms. The van der Waals surface area contributed by atoms with Gasteiger partial charge in [0.15, 0.2) is 0 Å². The van der Waals surface area contributed by atoms with E-state index >= 15 is 0 Å². The van der Waals surface area contributed by atoms with Gasteiger partial charge in [-0.25, -0.2) is 0 Å². The Balaban J connectivity index is 2.18. The number of hydrogen-bond donors (Lipinski definition) is 0. The molecule has 0 aromatic heterocycles. The average molecular weight is 348 g/mol. The van der Waals surface area contributed by atoms with E-state index in [1.54, 1.807) is 0 Å². The Hall–Kier alpha value is -0.520. The molecule has 0 radical (unpaired) electrons. The number of nitrogens with zero attached hydrogens (tertiary/aromatic N) is 1. The van der Waals surface area contributed by atoms with Crippen molar-refractivity contribution in [3.8, 4) is 0 Å². The Morgan fingerprint density at radius 2 is 1.90 bits per heavy atom. The number of ether oxygens (including phenoxy) is 1. The first kappa shape index (κ1) is 15.9. The monoisotopic (exact) mass is 347 g/mol. The lowest BCUT2D eigenvalue weighted by atomic mass is 9.87. The van der Waals surface area contributed by atoms with E-state index in [-0.39, 0.29) is 5.92 Å². The number of hydrogen-bond acceptors (Lipinski definition) is 2. The zero-order valence-electron chi connectivity index (χ0n) is 11.7. The van der Waals surface area contributed by atoms with Crippen molar-refractivity contribution in [1.82, 2.24) is 4.90 Å². The van der Waals surface area contributed by atoms with E-state index in [4.69, 9.17) is 4.74 Å². The fourth-order valence-electron chi connectivity index (χ4n) is 2.75. The summed E-state index contributed by atoms with van der Waals surface area (Å²) in [6.45, 7) is 3.13. The first-order chi connectivity index (χ1) is 9.47. The Morgan fingerprint density at radius 3 is 2.45 bits per heavy atom. The highest BCUT2D eigenvalue weighted by Crippen LogP contribution is 2.32. The van der Waals surface area contributed by atoms with E-state index < -0.39 is 12.7 Å². The fraction of sp³-hybridized carbons (Fsp3) is 0.600. The first-order valence-corrected chi connectivity index (χ1v) is 7.70. The summed E-state index contributed by atoms with van der Waals surface area (Å²) in [4.78, 5) is 2.32. The maximum absolute atomic E-state index is 12.6. The van der Waals surface area contributed by atoms with E-state index in [2.05, 4.69) is 34.7 Å². The minimum absolute atomic E-state index is 0.00625. The summed E-state index contributed by atoms with van der Waals surface area (Å²) in [6.07, 6.45) is 0.231.